The molecule has 1 aromatic heterocycles. The predicted molar refractivity (Wildman–Crippen MR) is 43.4 cm³/mol. The molecule has 0 fully saturated rings. The Bertz CT molecular complexity index is 199. The van der Waals surface area contributed by atoms with E-state index in [0.717, 1.165) is 22.3 Å². The normalized spacial score (nSPS) is 10.2. The molecule has 0 radical (unpaired) electrons. The Kier molecular flexibility index (Phi) is 3.15. The fourth-order valence-corrected chi connectivity index (χ4v) is 1.44. The Hall–Kier alpha value is -0.0900. The van der Waals surface area contributed by atoms with Gasteiger partial charge in [0, 0.05) is 0 Å². The van der Waals surface area contributed by atoms with E-state index in [1.165, 1.54) is 0 Å². The third-order valence-corrected chi connectivity index (χ3v) is 2.15. The molecule has 1 nitrogen and oxygen atoms in total. The number of halogens is 1. The number of hydrogen-bond acceptors (Lipinski definition) is 3. The Morgan fingerprint density at radius 1 is 1.60 bits per heavy atom. The average molecular weight is 178 g/mol. The molecule has 0 saturated carbocycles. The summed E-state index contributed by atoms with van der Waals surface area (Å²) >= 11 is 0.262. The largest absolute Gasteiger partial charge is 0.465 e. The van der Waals surface area contributed by atoms with E-state index >= 15 is 0 Å². The minimum Gasteiger partial charge on any atom is -0.465 e. The van der Waals surface area contributed by atoms with Gasteiger partial charge < -0.3 is 4.42 Å². The lowest BCUT2D eigenvalue weighted by molar-refractivity contribution is 0.501. The SMILES string of the molecule is Cc1ccc(CSSF)o1. The van der Waals surface area contributed by atoms with Crippen LogP contribution in [0, 0.1) is 6.92 Å². The molecule has 1 rings (SSSR count). The quantitative estimate of drug-likeness (QED) is 0.659. The fourth-order valence-electron chi connectivity index (χ4n) is 0.643. The second kappa shape index (κ2) is 3.93. The molecular formula is C6H7FOS2. The molecule has 0 aliphatic heterocycles. The van der Waals surface area contributed by atoms with E-state index in [1.807, 2.05) is 19.1 Å². The van der Waals surface area contributed by atoms with Crippen molar-refractivity contribution in [2.75, 3.05) is 0 Å². The number of rotatable bonds is 3. The van der Waals surface area contributed by atoms with Crippen LogP contribution in [0.1, 0.15) is 11.5 Å². The van der Waals surface area contributed by atoms with Gasteiger partial charge in [-0.05, 0) is 19.1 Å². The smallest absolute Gasteiger partial charge is 0.115 e. The molecule has 1 aromatic rings. The van der Waals surface area contributed by atoms with Crippen LogP contribution in [0.3, 0.4) is 0 Å². The van der Waals surface area contributed by atoms with Gasteiger partial charge in [0.1, 0.15) is 22.7 Å². The lowest BCUT2D eigenvalue weighted by Gasteiger charge is -1.88. The molecule has 56 valence electrons. The third kappa shape index (κ3) is 2.27. The van der Waals surface area contributed by atoms with Crippen LogP contribution < -0.4 is 0 Å². The van der Waals surface area contributed by atoms with Crippen molar-refractivity contribution in [3.8, 4) is 0 Å². The van der Waals surface area contributed by atoms with Crippen LogP contribution in [0.25, 0.3) is 0 Å². The molecule has 4 heteroatoms. The van der Waals surface area contributed by atoms with Crippen molar-refractivity contribution in [3.05, 3.63) is 23.7 Å². The second-order valence-corrected chi connectivity index (χ2v) is 3.57. The predicted octanol–water partition coefficient (Wildman–Crippen LogP) is 3.35. The van der Waals surface area contributed by atoms with Crippen molar-refractivity contribution in [2.24, 2.45) is 0 Å². The molecule has 0 aliphatic rings. The molecule has 0 aromatic carbocycles. The molecule has 0 atom stereocenters. The molecule has 0 spiro atoms. The minimum absolute atomic E-state index is 0.262. The van der Waals surface area contributed by atoms with Gasteiger partial charge in [0.05, 0.1) is 5.75 Å². The Morgan fingerprint density at radius 3 is 2.90 bits per heavy atom. The zero-order valence-electron chi connectivity index (χ0n) is 5.46. The van der Waals surface area contributed by atoms with E-state index in [9.17, 15) is 3.89 Å². The molecule has 0 unspecified atom stereocenters. The molecule has 0 aliphatic carbocycles. The monoisotopic (exact) mass is 178 g/mol. The van der Waals surface area contributed by atoms with E-state index in [1.54, 1.807) is 0 Å². The van der Waals surface area contributed by atoms with Crippen LogP contribution in [0.4, 0.5) is 3.89 Å². The molecule has 0 bridgehead atoms. The topological polar surface area (TPSA) is 13.1 Å². The zero-order valence-corrected chi connectivity index (χ0v) is 7.10. The Balaban J connectivity index is 2.42. The van der Waals surface area contributed by atoms with Crippen LogP contribution in [0.15, 0.2) is 16.5 Å². The van der Waals surface area contributed by atoms with Crippen LogP contribution in [-0.2, 0) is 5.75 Å². The maximum absolute atomic E-state index is 11.5. The van der Waals surface area contributed by atoms with Crippen LogP contribution in [0.2, 0.25) is 0 Å². The highest BCUT2D eigenvalue weighted by molar-refractivity contribution is 8.74. The van der Waals surface area contributed by atoms with Crippen molar-refractivity contribution in [3.63, 3.8) is 0 Å². The van der Waals surface area contributed by atoms with Gasteiger partial charge >= 0.3 is 0 Å². The summed E-state index contributed by atoms with van der Waals surface area (Å²) in [6, 6.07) is 3.73. The van der Waals surface area contributed by atoms with Gasteiger partial charge in [-0.25, -0.2) is 0 Å². The first-order valence-corrected chi connectivity index (χ1v) is 5.00. The highest BCUT2D eigenvalue weighted by Gasteiger charge is 1.97. The first kappa shape index (κ1) is 8.01. The van der Waals surface area contributed by atoms with Gasteiger partial charge in [-0.15, -0.1) is 0 Å². The maximum atomic E-state index is 11.5. The van der Waals surface area contributed by atoms with Gasteiger partial charge in [0.2, 0.25) is 0 Å². The third-order valence-electron chi connectivity index (χ3n) is 1.04. The second-order valence-electron chi connectivity index (χ2n) is 1.84. The number of hydrogen-bond donors (Lipinski definition) is 0. The fraction of sp³-hybridized carbons (Fsp3) is 0.333. The van der Waals surface area contributed by atoms with Gasteiger partial charge in [-0.1, -0.05) is 10.8 Å². The summed E-state index contributed by atoms with van der Waals surface area (Å²) < 4.78 is 16.7. The highest BCUT2D eigenvalue weighted by atomic mass is 33.1. The first-order valence-electron chi connectivity index (χ1n) is 2.78. The minimum atomic E-state index is 0.262. The Morgan fingerprint density at radius 2 is 2.40 bits per heavy atom. The summed E-state index contributed by atoms with van der Waals surface area (Å²) in [4.78, 5) is 0. The summed E-state index contributed by atoms with van der Waals surface area (Å²) in [5.74, 6) is 2.29. The molecule has 10 heavy (non-hydrogen) atoms. The van der Waals surface area contributed by atoms with Gasteiger partial charge in [0.15, 0.2) is 0 Å². The molecule has 0 amide bonds. The van der Waals surface area contributed by atoms with E-state index < -0.39 is 0 Å². The van der Waals surface area contributed by atoms with Crippen LogP contribution in [-0.4, -0.2) is 0 Å². The standard InChI is InChI=1S/C6H7FOS2/c1-5-2-3-6(8-5)4-9-10-7/h2-3H,4H2,1H3. The summed E-state index contributed by atoms with van der Waals surface area (Å²) in [6.45, 7) is 1.87. The first-order chi connectivity index (χ1) is 4.83. The van der Waals surface area contributed by atoms with E-state index in [-0.39, 0.29) is 11.2 Å². The Labute approximate surface area is 67.1 Å². The molecule has 1 heterocycles. The summed E-state index contributed by atoms with van der Waals surface area (Å²) in [5.41, 5.74) is 0. The molecule has 0 saturated heterocycles. The molecule has 0 N–H and O–H groups in total. The lowest BCUT2D eigenvalue weighted by atomic mass is 10.5. The summed E-state index contributed by atoms with van der Waals surface area (Å²) in [7, 11) is 1.13. The van der Waals surface area contributed by atoms with Crippen molar-refractivity contribution < 1.29 is 8.30 Å². The van der Waals surface area contributed by atoms with Crippen molar-refractivity contribution in [1.82, 2.24) is 0 Å². The summed E-state index contributed by atoms with van der Waals surface area (Å²) in [5, 5.41) is 0. The average Bonchev–Trinajstić information content (AvgIpc) is 2.31. The van der Waals surface area contributed by atoms with Gasteiger partial charge in [0.25, 0.3) is 0 Å². The zero-order chi connectivity index (χ0) is 7.40. The van der Waals surface area contributed by atoms with E-state index in [4.69, 9.17) is 4.42 Å². The van der Waals surface area contributed by atoms with Crippen molar-refractivity contribution in [1.29, 1.82) is 0 Å². The van der Waals surface area contributed by atoms with Gasteiger partial charge in [-0.3, -0.25) is 0 Å². The number of aryl methyl sites for hydroxylation is 1. The lowest BCUT2D eigenvalue weighted by Crippen LogP contribution is -1.68. The van der Waals surface area contributed by atoms with Crippen molar-refractivity contribution >= 4 is 22.0 Å². The maximum Gasteiger partial charge on any atom is 0.115 e. The highest BCUT2D eigenvalue weighted by Crippen LogP contribution is 2.26. The number of furan rings is 1. The molecular weight excluding hydrogens is 171 g/mol. The summed E-state index contributed by atoms with van der Waals surface area (Å²) in [6.07, 6.45) is 0. The van der Waals surface area contributed by atoms with Gasteiger partial charge in [-0.2, -0.15) is 3.89 Å². The van der Waals surface area contributed by atoms with E-state index in [2.05, 4.69) is 0 Å². The van der Waals surface area contributed by atoms with Crippen molar-refractivity contribution in [2.45, 2.75) is 12.7 Å². The van der Waals surface area contributed by atoms with Crippen LogP contribution in [0.5, 0.6) is 0 Å². The van der Waals surface area contributed by atoms with Crippen LogP contribution >= 0.6 is 22.0 Å². The van der Waals surface area contributed by atoms with E-state index in [0.29, 0.717) is 5.75 Å².